The molecule has 0 radical (unpaired) electrons. The minimum atomic E-state index is -1.40. The summed E-state index contributed by atoms with van der Waals surface area (Å²) in [5.74, 6) is 0.656. The number of nitrogens with one attached hydrogen (secondary N) is 2. The van der Waals surface area contributed by atoms with Crippen molar-refractivity contribution < 1.29 is 24.1 Å². The second-order valence-electron chi connectivity index (χ2n) is 10.9. The zero-order valence-electron chi connectivity index (χ0n) is 25.2. The van der Waals surface area contributed by atoms with E-state index in [0.717, 1.165) is 36.3 Å². The number of rotatable bonds is 15. The molecule has 0 aliphatic carbocycles. The Hall–Kier alpha value is -4.45. The van der Waals surface area contributed by atoms with Crippen molar-refractivity contribution in [3.05, 3.63) is 112 Å². The number of carbonyl (C=O) groups is 1. The summed E-state index contributed by atoms with van der Waals surface area (Å²) >= 11 is 0. The summed E-state index contributed by atoms with van der Waals surface area (Å²) in [5, 5.41) is 12.8. The van der Waals surface area contributed by atoms with Crippen LogP contribution in [0.3, 0.4) is 0 Å². The molecule has 5 rings (SSSR count). The summed E-state index contributed by atoms with van der Waals surface area (Å²) in [5.41, 5.74) is 16.8. The maximum atomic E-state index is 14.4. The third-order valence-electron chi connectivity index (χ3n) is 7.87. The number of amides is 1. The SMILES string of the molecule is [N-]=[N+]=NCc1ccccc1C[C@]1(C(=O)NNCCN2CCOCC2)N=C(c2ccc(OCCCO)cc2)O[C@H]1c1ccccc1. The van der Waals surface area contributed by atoms with Crippen LogP contribution in [0.4, 0.5) is 0 Å². The second-order valence-corrected chi connectivity index (χ2v) is 10.9. The number of aliphatic hydroxyl groups excluding tert-OH is 1. The molecule has 0 spiro atoms. The minimum absolute atomic E-state index is 0.0574. The van der Waals surface area contributed by atoms with Gasteiger partial charge in [-0.2, -0.15) is 0 Å². The molecule has 1 fully saturated rings. The number of hydrogen-bond donors (Lipinski definition) is 3. The molecular formula is C33H39N7O5. The summed E-state index contributed by atoms with van der Waals surface area (Å²) in [6, 6.07) is 24.5. The van der Waals surface area contributed by atoms with Gasteiger partial charge in [-0.1, -0.05) is 59.7 Å². The Balaban J connectivity index is 1.48. The van der Waals surface area contributed by atoms with Crippen LogP contribution in [0.15, 0.2) is 89.0 Å². The van der Waals surface area contributed by atoms with Gasteiger partial charge >= 0.3 is 0 Å². The van der Waals surface area contributed by atoms with Gasteiger partial charge in [0.25, 0.3) is 5.91 Å². The molecule has 45 heavy (non-hydrogen) atoms. The molecule has 12 heteroatoms. The normalized spacial score (nSPS) is 19.7. The summed E-state index contributed by atoms with van der Waals surface area (Å²) < 4.78 is 17.7. The van der Waals surface area contributed by atoms with E-state index < -0.39 is 11.6 Å². The fourth-order valence-electron chi connectivity index (χ4n) is 5.48. The minimum Gasteiger partial charge on any atom is -0.494 e. The molecule has 0 bridgehead atoms. The predicted molar refractivity (Wildman–Crippen MR) is 170 cm³/mol. The molecule has 2 aliphatic rings. The first kappa shape index (κ1) is 32.0. The first-order valence-corrected chi connectivity index (χ1v) is 15.2. The summed E-state index contributed by atoms with van der Waals surface area (Å²) in [6.07, 6.45) is -0.00925. The average molecular weight is 614 g/mol. The highest BCUT2D eigenvalue weighted by Gasteiger charge is 2.53. The Kier molecular flexibility index (Phi) is 11.4. The van der Waals surface area contributed by atoms with E-state index in [1.807, 2.05) is 78.9 Å². The molecule has 0 saturated carbocycles. The lowest BCUT2D eigenvalue weighted by Crippen LogP contribution is -2.55. The quantitative estimate of drug-likeness (QED) is 0.0777. The Morgan fingerprint density at radius 3 is 2.53 bits per heavy atom. The predicted octanol–water partition coefficient (Wildman–Crippen LogP) is 3.71. The molecule has 0 unspecified atom stereocenters. The van der Waals surface area contributed by atoms with E-state index in [1.165, 1.54) is 0 Å². The van der Waals surface area contributed by atoms with Gasteiger partial charge in [0.2, 0.25) is 5.90 Å². The van der Waals surface area contributed by atoms with Crippen molar-refractivity contribution in [3.8, 4) is 5.75 Å². The van der Waals surface area contributed by atoms with E-state index in [-0.39, 0.29) is 25.5 Å². The van der Waals surface area contributed by atoms with E-state index in [1.54, 1.807) is 0 Å². The molecule has 2 atom stereocenters. The number of ether oxygens (including phenoxy) is 3. The van der Waals surface area contributed by atoms with E-state index in [4.69, 9.17) is 29.8 Å². The Bertz CT molecular complexity index is 1470. The van der Waals surface area contributed by atoms with Crippen LogP contribution in [0.25, 0.3) is 10.4 Å². The largest absolute Gasteiger partial charge is 0.494 e. The Morgan fingerprint density at radius 2 is 1.80 bits per heavy atom. The van der Waals surface area contributed by atoms with Gasteiger partial charge in [-0.05, 0) is 46.5 Å². The van der Waals surface area contributed by atoms with Crippen LogP contribution < -0.4 is 15.6 Å². The van der Waals surface area contributed by atoms with E-state index in [2.05, 4.69) is 25.8 Å². The number of morpholine rings is 1. The first-order chi connectivity index (χ1) is 22.1. The van der Waals surface area contributed by atoms with Crippen LogP contribution in [-0.2, 0) is 27.2 Å². The third kappa shape index (κ3) is 8.18. The molecule has 2 aliphatic heterocycles. The zero-order valence-corrected chi connectivity index (χ0v) is 25.2. The van der Waals surface area contributed by atoms with Crippen molar-refractivity contribution in [1.82, 2.24) is 15.8 Å². The Labute approximate surface area is 262 Å². The third-order valence-corrected chi connectivity index (χ3v) is 7.87. The maximum absolute atomic E-state index is 14.4. The fourth-order valence-corrected chi connectivity index (χ4v) is 5.48. The summed E-state index contributed by atoms with van der Waals surface area (Å²) in [6.45, 7) is 5.01. The van der Waals surface area contributed by atoms with Crippen LogP contribution in [-0.4, -0.2) is 80.0 Å². The number of carbonyl (C=O) groups excluding carboxylic acids is 1. The molecule has 2 heterocycles. The molecule has 3 aromatic rings. The fraction of sp³-hybridized carbons (Fsp3) is 0.394. The second kappa shape index (κ2) is 16.0. The van der Waals surface area contributed by atoms with Crippen molar-refractivity contribution in [1.29, 1.82) is 0 Å². The molecule has 12 nitrogen and oxygen atoms in total. The van der Waals surface area contributed by atoms with E-state index in [9.17, 15) is 4.79 Å². The number of hydrogen-bond acceptors (Lipinski definition) is 9. The summed E-state index contributed by atoms with van der Waals surface area (Å²) in [7, 11) is 0. The lowest BCUT2D eigenvalue weighted by molar-refractivity contribution is -0.130. The number of hydrazine groups is 1. The molecule has 1 saturated heterocycles. The van der Waals surface area contributed by atoms with E-state index >= 15 is 0 Å². The maximum Gasteiger partial charge on any atom is 0.266 e. The van der Waals surface area contributed by atoms with Gasteiger partial charge < -0.3 is 19.3 Å². The average Bonchev–Trinajstić information content (AvgIpc) is 3.48. The number of aliphatic imine (C=N–C) groups is 1. The van der Waals surface area contributed by atoms with Gasteiger partial charge in [0.15, 0.2) is 11.6 Å². The van der Waals surface area contributed by atoms with Gasteiger partial charge in [-0.15, -0.1) is 0 Å². The molecule has 236 valence electrons. The molecule has 3 aromatic carbocycles. The van der Waals surface area contributed by atoms with Crippen molar-refractivity contribution >= 4 is 11.8 Å². The molecule has 3 N–H and O–H groups in total. The lowest BCUT2D eigenvalue weighted by atomic mass is 9.81. The number of azide groups is 1. The van der Waals surface area contributed by atoms with Gasteiger partial charge in [0.05, 0.1) is 26.4 Å². The summed E-state index contributed by atoms with van der Waals surface area (Å²) in [4.78, 5) is 24.7. The van der Waals surface area contributed by atoms with Crippen LogP contribution in [0.2, 0.25) is 0 Å². The van der Waals surface area contributed by atoms with Crippen molar-refractivity contribution in [3.63, 3.8) is 0 Å². The van der Waals surface area contributed by atoms with Gasteiger partial charge in [-0.3, -0.25) is 15.1 Å². The van der Waals surface area contributed by atoms with Gasteiger partial charge in [0, 0.05) is 56.1 Å². The van der Waals surface area contributed by atoms with Crippen LogP contribution in [0.5, 0.6) is 5.75 Å². The highest BCUT2D eigenvalue weighted by molar-refractivity contribution is 6.01. The molecular weight excluding hydrogens is 574 g/mol. The number of aliphatic hydroxyl groups is 1. The van der Waals surface area contributed by atoms with Crippen molar-refractivity contribution in [2.45, 2.75) is 31.0 Å². The number of nitrogens with zero attached hydrogens (tertiary/aromatic N) is 5. The zero-order chi connectivity index (χ0) is 31.3. The van der Waals surface area contributed by atoms with Crippen molar-refractivity contribution in [2.24, 2.45) is 10.1 Å². The van der Waals surface area contributed by atoms with Crippen LogP contribution in [0, 0.1) is 0 Å². The van der Waals surface area contributed by atoms with Gasteiger partial charge in [-0.25, -0.2) is 10.4 Å². The van der Waals surface area contributed by atoms with Gasteiger partial charge in [0.1, 0.15) is 5.75 Å². The molecule has 1 amide bonds. The lowest BCUT2D eigenvalue weighted by Gasteiger charge is -2.32. The van der Waals surface area contributed by atoms with Crippen LogP contribution >= 0.6 is 0 Å². The Morgan fingerprint density at radius 1 is 1.07 bits per heavy atom. The number of benzene rings is 3. The topological polar surface area (TPSA) is 153 Å². The highest BCUT2D eigenvalue weighted by Crippen LogP contribution is 2.43. The van der Waals surface area contributed by atoms with E-state index in [0.29, 0.717) is 50.0 Å². The first-order valence-electron chi connectivity index (χ1n) is 15.2. The van der Waals surface area contributed by atoms with Crippen molar-refractivity contribution in [2.75, 3.05) is 52.6 Å². The highest BCUT2D eigenvalue weighted by atomic mass is 16.5. The molecule has 0 aromatic heterocycles. The standard InChI is InChI=1S/C33H39N7O5/c34-39-36-24-28-10-5-4-9-27(28)23-33(32(42)38-35-15-16-40-17-21-43-22-18-40)30(25-7-2-1-3-8-25)45-31(37-33)26-11-13-29(14-12-26)44-20-6-19-41/h1-5,7-14,30,35,41H,6,15-24H2,(H,38,42)/t30-,33-/m0/s1. The smallest absolute Gasteiger partial charge is 0.266 e. The van der Waals surface area contributed by atoms with Crippen LogP contribution in [0.1, 0.15) is 34.8 Å². The monoisotopic (exact) mass is 613 g/mol.